The van der Waals surface area contributed by atoms with Gasteiger partial charge in [-0.05, 0) is 36.4 Å². The zero-order valence-electron chi connectivity index (χ0n) is 10.3. The Balaban J connectivity index is 1.86. The lowest BCUT2D eigenvalue weighted by atomic mass is 10.3. The topological polar surface area (TPSA) is 51.5 Å². The van der Waals surface area contributed by atoms with Crippen LogP contribution in [0, 0.1) is 11.5 Å². The molecule has 2 aromatic carbocycles. The zero-order chi connectivity index (χ0) is 13.3. The first kappa shape index (κ1) is 12.8. The van der Waals surface area contributed by atoms with E-state index in [0.717, 1.165) is 11.5 Å². The molecule has 0 heterocycles. The smallest absolute Gasteiger partial charge is 0.286 e. The van der Waals surface area contributed by atoms with Crippen molar-refractivity contribution in [2.45, 2.75) is 0 Å². The first-order valence-corrected chi connectivity index (χ1v) is 5.85. The van der Waals surface area contributed by atoms with Gasteiger partial charge >= 0.3 is 0 Å². The van der Waals surface area contributed by atoms with E-state index in [4.69, 9.17) is 14.7 Å². The van der Waals surface area contributed by atoms with Crippen molar-refractivity contribution in [3.05, 3.63) is 54.6 Å². The molecule has 0 bridgehead atoms. The van der Waals surface area contributed by atoms with E-state index in [2.05, 4.69) is 4.74 Å². The molecule has 0 saturated heterocycles. The number of hydrogen-bond donors (Lipinski definition) is 0. The first-order valence-electron chi connectivity index (χ1n) is 5.85. The van der Waals surface area contributed by atoms with E-state index >= 15 is 0 Å². The van der Waals surface area contributed by atoms with Gasteiger partial charge in [-0.25, -0.2) is 0 Å². The Bertz CT molecular complexity index is 532. The normalized spacial score (nSPS) is 9.42. The second kappa shape index (κ2) is 6.92. The molecule has 2 aromatic rings. The minimum atomic E-state index is 0.249. The Morgan fingerprint density at radius 3 is 2.11 bits per heavy atom. The summed E-state index contributed by atoms with van der Waals surface area (Å²) in [6, 6.07) is 16.8. The van der Waals surface area contributed by atoms with Crippen molar-refractivity contribution in [1.29, 1.82) is 5.26 Å². The van der Waals surface area contributed by atoms with Gasteiger partial charge in [0.25, 0.3) is 6.26 Å². The number of ether oxygens (including phenoxy) is 3. The number of nitrogens with zero attached hydrogens (tertiary/aromatic N) is 1. The van der Waals surface area contributed by atoms with Gasteiger partial charge in [0.05, 0.1) is 0 Å². The molecule has 96 valence electrons. The summed E-state index contributed by atoms with van der Waals surface area (Å²) in [5.41, 5.74) is 0. The summed E-state index contributed by atoms with van der Waals surface area (Å²) < 4.78 is 15.5. The lowest BCUT2D eigenvalue weighted by molar-refractivity contribution is 0.191. The van der Waals surface area contributed by atoms with Gasteiger partial charge in [0, 0.05) is 0 Å². The van der Waals surface area contributed by atoms with E-state index in [1.54, 1.807) is 6.26 Å². The monoisotopic (exact) mass is 255 g/mol. The van der Waals surface area contributed by atoms with Crippen LogP contribution in [0.4, 0.5) is 0 Å². The summed E-state index contributed by atoms with van der Waals surface area (Å²) in [6.45, 7) is 0.589. The molecule has 0 aliphatic carbocycles. The molecular formula is C15H13NO3. The SMILES string of the molecule is N#COCCOc1ccc(Oc2ccccc2)cc1. The third-order valence-electron chi connectivity index (χ3n) is 2.32. The summed E-state index contributed by atoms with van der Waals surface area (Å²) in [7, 11) is 0. The molecule has 0 aliphatic heterocycles. The highest BCUT2D eigenvalue weighted by Crippen LogP contribution is 2.23. The minimum Gasteiger partial charge on any atom is -0.490 e. The lowest BCUT2D eigenvalue weighted by Crippen LogP contribution is -2.03. The third kappa shape index (κ3) is 4.25. The molecule has 4 nitrogen and oxygen atoms in total. The Morgan fingerprint density at radius 2 is 1.42 bits per heavy atom. The Labute approximate surface area is 111 Å². The maximum atomic E-state index is 8.20. The predicted octanol–water partition coefficient (Wildman–Crippen LogP) is 3.36. The third-order valence-corrected chi connectivity index (χ3v) is 2.32. The number of para-hydroxylation sites is 1. The zero-order valence-corrected chi connectivity index (χ0v) is 10.3. The Hall–Kier alpha value is -2.67. The fourth-order valence-corrected chi connectivity index (χ4v) is 1.48. The van der Waals surface area contributed by atoms with Gasteiger partial charge < -0.3 is 14.2 Å². The summed E-state index contributed by atoms with van der Waals surface area (Å²) >= 11 is 0. The Morgan fingerprint density at radius 1 is 0.789 bits per heavy atom. The van der Waals surface area contributed by atoms with Gasteiger partial charge in [0.1, 0.15) is 30.5 Å². The second-order valence-corrected chi connectivity index (χ2v) is 3.67. The van der Waals surface area contributed by atoms with Crippen LogP contribution in [0.15, 0.2) is 54.6 Å². The van der Waals surface area contributed by atoms with Crippen molar-refractivity contribution in [2.75, 3.05) is 13.2 Å². The maximum Gasteiger partial charge on any atom is 0.286 e. The van der Waals surface area contributed by atoms with Crippen LogP contribution >= 0.6 is 0 Å². The van der Waals surface area contributed by atoms with Crippen molar-refractivity contribution >= 4 is 0 Å². The average Bonchev–Trinajstić information content (AvgIpc) is 2.46. The van der Waals surface area contributed by atoms with Crippen molar-refractivity contribution in [2.24, 2.45) is 0 Å². The Kier molecular flexibility index (Phi) is 4.65. The van der Waals surface area contributed by atoms with Crippen LogP contribution in [0.2, 0.25) is 0 Å². The largest absolute Gasteiger partial charge is 0.490 e. The molecule has 19 heavy (non-hydrogen) atoms. The van der Waals surface area contributed by atoms with Crippen molar-refractivity contribution < 1.29 is 14.2 Å². The minimum absolute atomic E-state index is 0.249. The number of hydrogen-bond acceptors (Lipinski definition) is 4. The fourth-order valence-electron chi connectivity index (χ4n) is 1.48. The summed E-state index contributed by atoms with van der Waals surface area (Å²) in [5, 5.41) is 8.20. The maximum absolute atomic E-state index is 8.20. The molecule has 0 unspecified atom stereocenters. The summed E-state index contributed by atoms with van der Waals surface area (Å²) in [4.78, 5) is 0. The highest BCUT2D eigenvalue weighted by atomic mass is 16.5. The molecule has 0 atom stereocenters. The molecule has 0 aliphatic rings. The summed E-state index contributed by atoms with van der Waals surface area (Å²) in [6.07, 6.45) is 1.59. The molecule has 0 radical (unpaired) electrons. The van der Waals surface area contributed by atoms with E-state index in [-0.39, 0.29) is 6.61 Å². The van der Waals surface area contributed by atoms with E-state index in [9.17, 15) is 0 Å². The van der Waals surface area contributed by atoms with Crippen molar-refractivity contribution in [3.8, 4) is 23.5 Å². The van der Waals surface area contributed by atoms with Gasteiger partial charge in [0.2, 0.25) is 0 Å². The number of nitriles is 1. The van der Waals surface area contributed by atoms with Crippen molar-refractivity contribution in [1.82, 2.24) is 0 Å². The standard InChI is InChI=1S/C15H13NO3/c16-12-17-10-11-18-13-6-8-15(9-7-13)19-14-4-2-1-3-5-14/h1-9H,10-11H2. The molecule has 0 amide bonds. The molecule has 4 heteroatoms. The molecule has 2 rings (SSSR count). The van der Waals surface area contributed by atoms with Gasteiger partial charge in [-0.1, -0.05) is 18.2 Å². The van der Waals surface area contributed by atoms with Gasteiger partial charge in [-0.15, -0.1) is 0 Å². The molecule has 0 saturated carbocycles. The van der Waals surface area contributed by atoms with Crippen LogP contribution < -0.4 is 9.47 Å². The molecule has 0 N–H and O–H groups in total. The molecular weight excluding hydrogens is 242 g/mol. The number of benzene rings is 2. The molecule has 0 spiro atoms. The number of rotatable bonds is 6. The van der Waals surface area contributed by atoms with E-state index in [1.807, 2.05) is 54.6 Å². The lowest BCUT2D eigenvalue weighted by Gasteiger charge is -2.07. The van der Waals surface area contributed by atoms with Crippen molar-refractivity contribution in [3.63, 3.8) is 0 Å². The average molecular weight is 255 g/mol. The van der Waals surface area contributed by atoms with Gasteiger partial charge in [-0.2, -0.15) is 5.26 Å². The van der Waals surface area contributed by atoms with Gasteiger partial charge in [0.15, 0.2) is 0 Å². The fraction of sp³-hybridized carbons (Fsp3) is 0.133. The molecule has 0 fully saturated rings. The summed E-state index contributed by atoms with van der Waals surface area (Å²) in [5.74, 6) is 2.24. The van der Waals surface area contributed by atoms with E-state index in [0.29, 0.717) is 12.4 Å². The highest BCUT2D eigenvalue weighted by Gasteiger charge is 1.98. The first-order chi connectivity index (χ1) is 9.38. The second-order valence-electron chi connectivity index (χ2n) is 3.67. The van der Waals surface area contributed by atoms with Crippen LogP contribution in [-0.2, 0) is 4.74 Å². The van der Waals surface area contributed by atoms with E-state index < -0.39 is 0 Å². The van der Waals surface area contributed by atoms with Crippen LogP contribution in [0.1, 0.15) is 0 Å². The van der Waals surface area contributed by atoms with Crippen LogP contribution in [-0.4, -0.2) is 13.2 Å². The van der Waals surface area contributed by atoms with Crippen LogP contribution in [0.5, 0.6) is 17.2 Å². The molecule has 0 aromatic heterocycles. The quantitative estimate of drug-likeness (QED) is 0.586. The van der Waals surface area contributed by atoms with Crippen LogP contribution in [0.3, 0.4) is 0 Å². The van der Waals surface area contributed by atoms with Gasteiger partial charge in [-0.3, -0.25) is 0 Å². The highest BCUT2D eigenvalue weighted by molar-refractivity contribution is 5.35. The van der Waals surface area contributed by atoms with E-state index in [1.165, 1.54) is 0 Å². The van der Waals surface area contributed by atoms with Crippen LogP contribution in [0.25, 0.3) is 0 Å². The predicted molar refractivity (Wildman–Crippen MR) is 70.0 cm³/mol.